The van der Waals surface area contributed by atoms with Crippen molar-refractivity contribution in [3.05, 3.63) is 0 Å². The largest absolute Gasteiger partial charge is 0.459 e. The number of hydrogen-bond acceptors (Lipinski definition) is 7. The van der Waals surface area contributed by atoms with Gasteiger partial charge in [0.15, 0.2) is 0 Å². The average molecular weight is 411 g/mol. The van der Waals surface area contributed by atoms with Crippen LogP contribution in [0.1, 0.15) is 66.7 Å². The van der Waals surface area contributed by atoms with Crippen LogP contribution in [0.2, 0.25) is 0 Å². The van der Waals surface area contributed by atoms with Gasteiger partial charge in [0.2, 0.25) is 0 Å². The molecule has 0 radical (unpaired) electrons. The number of aliphatic hydroxyl groups excluding tert-OH is 1. The molecule has 0 aromatic heterocycles. The summed E-state index contributed by atoms with van der Waals surface area (Å²) in [5, 5.41) is 21.7. The second kappa shape index (κ2) is 6.66. The van der Waals surface area contributed by atoms with E-state index < -0.39 is 29.0 Å². The van der Waals surface area contributed by atoms with Crippen LogP contribution in [-0.2, 0) is 23.8 Å². The summed E-state index contributed by atoms with van der Waals surface area (Å²) < 4.78 is 18.4. The van der Waals surface area contributed by atoms with Gasteiger partial charge in [-0.25, -0.2) is 0 Å². The Morgan fingerprint density at radius 3 is 2.55 bits per heavy atom. The maximum atomic E-state index is 12.9. The number of hydrogen-bond donors (Lipinski definition) is 2. The van der Waals surface area contributed by atoms with Crippen LogP contribution in [0.15, 0.2) is 0 Å². The number of fused-ring (bicyclic) bond motifs is 2. The van der Waals surface area contributed by atoms with Gasteiger partial charge in [-0.15, -0.1) is 0 Å². The molecule has 0 unspecified atom stereocenters. The van der Waals surface area contributed by atoms with Crippen LogP contribution >= 0.6 is 0 Å². The average Bonchev–Trinajstić information content (AvgIpc) is 2.96. The topological polar surface area (TPSA) is 102 Å². The van der Waals surface area contributed by atoms with E-state index in [4.69, 9.17) is 14.2 Å². The Kier molecular flexibility index (Phi) is 4.84. The van der Waals surface area contributed by atoms with Crippen molar-refractivity contribution >= 4 is 11.9 Å². The third-order valence-corrected chi connectivity index (χ3v) is 8.23. The first-order chi connectivity index (χ1) is 13.4. The highest BCUT2D eigenvalue weighted by Crippen LogP contribution is 2.59. The zero-order valence-electron chi connectivity index (χ0n) is 18.0. The summed E-state index contributed by atoms with van der Waals surface area (Å²) in [6.07, 6.45) is 0.637. The first-order valence-corrected chi connectivity index (χ1v) is 10.9. The molecule has 4 rings (SSSR count). The SMILES string of the molecule is CC(=O)O[C@]1(C)CC[C@H]2[C@H]3[C@@H]1[C@@H]1C[C@@](C)(O)[C@H](O)CC[C@](C)(OC(=O)[C@@H]2C)[C@H]3O1. The minimum absolute atomic E-state index is 0.0180. The standard InChI is InChI=1S/C22H34O7/c1-11-13-6-8-21(4,28-12(2)23)17-14-10-20(3,26)15(24)7-9-22(5,29-19(11)25)18(27-14)16(13)17/h11,13-18,24,26H,6-10H2,1-5H3/t11-,13-,14+,15-,16+,17+,18+,20-,21-,22+/m1/s1. The van der Waals surface area contributed by atoms with E-state index in [2.05, 4.69) is 0 Å². The summed E-state index contributed by atoms with van der Waals surface area (Å²) in [5.74, 6) is -0.977. The molecule has 0 spiro atoms. The molecule has 4 aliphatic rings. The van der Waals surface area contributed by atoms with Gasteiger partial charge < -0.3 is 24.4 Å². The van der Waals surface area contributed by atoms with Crippen LogP contribution < -0.4 is 0 Å². The lowest BCUT2D eigenvalue weighted by Gasteiger charge is -2.49. The molecule has 2 bridgehead atoms. The Hall–Kier alpha value is -1.18. The van der Waals surface area contributed by atoms with Gasteiger partial charge in [-0.1, -0.05) is 6.92 Å². The minimum atomic E-state index is -1.34. The summed E-state index contributed by atoms with van der Waals surface area (Å²) in [7, 11) is 0. The number of carbonyl (C=O) groups is 2. The van der Waals surface area contributed by atoms with Crippen molar-refractivity contribution < 1.29 is 34.0 Å². The predicted octanol–water partition coefficient (Wildman–Crippen LogP) is 1.97. The molecule has 2 N–H and O–H groups in total. The first-order valence-electron chi connectivity index (χ1n) is 10.9. The van der Waals surface area contributed by atoms with Crippen molar-refractivity contribution in [3.8, 4) is 0 Å². The number of rotatable bonds is 1. The number of esters is 2. The summed E-state index contributed by atoms with van der Waals surface area (Å²) in [6.45, 7) is 8.79. The van der Waals surface area contributed by atoms with Crippen LogP contribution in [0.3, 0.4) is 0 Å². The third kappa shape index (κ3) is 3.20. The second-order valence-corrected chi connectivity index (χ2v) is 10.4. The van der Waals surface area contributed by atoms with Crippen LogP contribution in [0.25, 0.3) is 0 Å². The highest BCUT2D eigenvalue weighted by molar-refractivity contribution is 5.73. The second-order valence-electron chi connectivity index (χ2n) is 10.4. The Balaban J connectivity index is 1.85. The quantitative estimate of drug-likeness (QED) is 0.637. The summed E-state index contributed by atoms with van der Waals surface area (Å²) in [5.41, 5.74) is -2.99. The smallest absolute Gasteiger partial charge is 0.309 e. The molecule has 3 aliphatic heterocycles. The van der Waals surface area contributed by atoms with Gasteiger partial charge in [-0.05, 0) is 52.4 Å². The fraction of sp³-hybridized carbons (Fsp3) is 0.909. The maximum Gasteiger partial charge on any atom is 0.309 e. The Morgan fingerprint density at radius 2 is 1.90 bits per heavy atom. The van der Waals surface area contributed by atoms with E-state index in [9.17, 15) is 19.8 Å². The molecule has 1 aliphatic carbocycles. The zero-order chi connectivity index (χ0) is 21.4. The normalized spacial score (nSPS) is 54.4. The van der Waals surface area contributed by atoms with Gasteiger partial charge in [0, 0.05) is 25.2 Å². The lowest BCUT2D eigenvalue weighted by atomic mass is 9.57. The van der Waals surface area contributed by atoms with Crippen molar-refractivity contribution in [1.29, 1.82) is 0 Å². The van der Waals surface area contributed by atoms with Gasteiger partial charge in [-0.2, -0.15) is 0 Å². The van der Waals surface area contributed by atoms with E-state index in [1.165, 1.54) is 6.92 Å². The van der Waals surface area contributed by atoms with Crippen molar-refractivity contribution in [2.75, 3.05) is 0 Å². The molecule has 3 heterocycles. The molecular weight excluding hydrogens is 376 g/mol. The molecule has 3 saturated heterocycles. The summed E-state index contributed by atoms with van der Waals surface area (Å²) >= 11 is 0. The first kappa shape index (κ1) is 21.1. The van der Waals surface area contributed by atoms with Gasteiger partial charge in [-0.3, -0.25) is 9.59 Å². The van der Waals surface area contributed by atoms with E-state index in [1.807, 2.05) is 20.8 Å². The van der Waals surface area contributed by atoms with Gasteiger partial charge in [0.05, 0.1) is 23.7 Å². The molecule has 7 heteroatoms. The fourth-order valence-electron chi connectivity index (χ4n) is 6.69. The molecule has 1 saturated carbocycles. The minimum Gasteiger partial charge on any atom is -0.459 e. The number of aliphatic hydroxyl groups is 2. The maximum absolute atomic E-state index is 12.9. The van der Waals surface area contributed by atoms with Gasteiger partial charge in [0.25, 0.3) is 0 Å². The van der Waals surface area contributed by atoms with E-state index >= 15 is 0 Å². The van der Waals surface area contributed by atoms with E-state index in [0.717, 1.165) is 6.42 Å². The number of ether oxygens (including phenoxy) is 3. The van der Waals surface area contributed by atoms with Gasteiger partial charge in [0.1, 0.15) is 17.3 Å². The fourth-order valence-corrected chi connectivity index (χ4v) is 6.69. The van der Waals surface area contributed by atoms with Crippen molar-refractivity contribution in [2.45, 2.75) is 102 Å². The lowest BCUT2D eigenvalue weighted by Crippen LogP contribution is -2.56. The third-order valence-electron chi connectivity index (χ3n) is 8.23. The zero-order valence-corrected chi connectivity index (χ0v) is 18.0. The molecule has 0 aromatic carbocycles. The van der Waals surface area contributed by atoms with E-state index in [0.29, 0.717) is 19.3 Å². The Bertz CT molecular complexity index is 705. The summed E-state index contributed by atoms with van der Waals surface area (Å²) in [6, 6.07) is 0. The van der Waals surface area contributed by atoms with Crippen molar-refractivity contribution in [1.82, 2.24) is 0 Å². The number of carbonyl (C=O) groups excluding carboxylic acids is 2. The van der Waals surface area contributed by atoms with Crippen LogP contribution in [0.4, 0.5) is 0 Å². The predicted molar refractivity (Wildman–Crippen MR) is 103 cm³/mol. The lowest BCUT2D eigenvalue weighted by molar-refractivity contribution is -0.182. The highest BCUT2D eigenvalue weighted by atomic mass is 16.6. The van der Waals surface area contributed by atoms with Crippen LogP contribution in [0.5, 0.6) is 0 Å². The molecule has 7 nitrogen and oxygen atoms in total. The highest BCUT2D eigenvalue weighted by Gasteiger charge is 2.67. The van der Waals surface area contributed by atoms with Gasteiger partial charge >= 0.3 is 11.9 Å². The molecule has 4 fully saturated rings. The van der Waals surface area contributed by atoms with Crippen molar-refractivity contribution in [2.24, 2.45) is 23.7 Å². The molecule has 0 aromatic rings. The summed E-state index contributed by atoms with van der Waals surface area (Å²) in [4.78, 5) is 24.8. The monoisotopic (exact) mass is 410 g/mol. The van der Waals surface area contributed by atoms with Crippen LogP contribution in [0, 0.1) is 23.7 Å². The molecular formula is C22H34O7. The molecule has 164 valence electrons. The molecule has 10 atom stereocenters. The Labute approximate surface area is 172 Å². The molecule has 0 amide bonds. The van der Waals surface area contributed by atoms with Crippen molar-refractivity contribution in [3.63, 3.8) is 0 Å². The molecule has 29 heavy (non-hydrogen) atoms. The van der Waals surface area contributed by atoms with E-state index in [1.54, 1.807) is 6.92 Å². The van der Waals surface area contributed by atoms with Crippen LogP contribution in [-0.4, -0.2) is 57.3 Å². The van der Waals surface area contributed by atoms with E-state index in [-0.39, 0.29) is 48.1 Å². The Morgan fingerprint density at radius 1 is 1.21 bits per heavy atom.